The van der Waals surface area contributed by atoms with Crippen molar-refractivity contribution in [3.05, 3.63) is 188 Å². The molecular weight excluding hydrogens is 647 g/mol. The van der Waals surface area contributed by atoms with Gasteiger partial charge in [-0.05, 0) is 87.1 Å². The fraction of sp³-hybridized carbons (Fsp3) is 0. The topological polar surface area (TPSA) is 51.8 Å². The van der Waals surface area contributed by atoms with Crippen LogP contribution in [-0.4, -0.2) is 15.0 Å². The van der Waals surface area contributed by atoms with Crippen LogP contribution >= 0.6 is 0 Å². The second-order valence-corrected chi connectivity index (χ2v) is 13.3. The van der Waals surface area contributed by atoms with E-state index in [4.69, 9.17) is 14.4 Å². The molecule has 0 aliphatic rings. The third kappa shape index (κ3) is 5.63. The molecule has 0 radical (unpaired) electrons. The van der Waals surface area contributed by atoms with Gasteiger partial charge in [-0.1, -0.05) is 127 Å². The summed E-state index contributed by atoms with van der Waals surface area (Å²) in [6, 6.07) is 61.4. The number of hydrogen-bond acceptors (Lipinski definition) is 4. The second kappa shape index (κ2) is 12.9. The van der Waals surface area contributed by atoms with Gasteiger partial charge in [-0.25, -0.2) is 9.97 Å². The molecule has 7 aromatic carbocycles. The molecule has 53 heavy (non-hydrogen) atoms. The maximum absolute atomic E-state index is 6.21. The monoisotopic (exact) mass is 677 g/mol. The van der Waals surface area contributed by atoms with Gasteiger partial charge < -0.3 is 4.42 Å². The maximum Gasteiger partial charge on any atom is 0.160 e. The first kappa shape index (κ1) is 30.6. The highest BCUT2D eigenvalue weighted by atomic mass is 16.3. The summed E-state index contributed by atoms with van der Waals surface area (Å²) in [5, 5.41) is 4.60. The Morgan fingerprint density at radius 3 is 1.92 bits per heavy atom. The van der Waals surface area contributed by atoms with Crippen molar-refractivity contribution in [3.63, 3.8) is 0 Å². The van der Waals surface area contributed by atoms with Crippen LogP contribution in [-0.2, 0) is 0 Å². The average molecular weight is 678 g/mol. The lowest BCUT2D eigenvalue weighted by Crippen LogP contribution is -1.97. The lowest BCUT2D eigenvalue weighted by Gasteiger charge is -2.15. The van der Waals surface area contributed by atoms with Crippen molar-refractivity contribution in [2.75, 3.05) is 0 Å². The molecule has 0 saturated carbocycles. The van der Waals surface area contributed by atoms with Gasteiger partial charge in [0.2, 0.25) is 0 Å². The van der Waals surface area contributed by atoms with E-state index in [2.05, 4.69) is 145 Å². The molecule has 0 amide bonds. The Labute approximate surface area is 306 Å². The third-order valence-corrected chi connectivity index (χ3v) is 9.97. The quantitative estimate of drug-likeness (QED) is 0.176. The molecule has 0 bridgehead atoms. The molecule has 4 heteroatoms. The predicted octanol–water partition coefficient (Wildman–Crippen LogP) is 12.9. The Balaban J connectivity index is 1.23. The smallest absolute Gasteiger partial charge is 0.160 e. The van der Waals surface area contributed by atoms with Crippen LogP contribution in [0.5, 0.6) is 0 Å². The van der Waals surface area contributed by atoms with Gasteiger partial charge >= 0.3 is 0 Å². The Morgan fingerprint density at radius 2 is 1.04 bits per heavy atom. The number of para-hydroxylation sites is 1. The van der Waals surface area contributed by atoms with Gasteiger partial charge in [0.25, 0.3) is 0 Å². The van der Waals surface area contributed by atoms with Crippen molar-refractivity contribution in [2.24, 2.45) is 0 Å². The van der Waals surface area contributed by atoms with E-state index in [1.165, 1.54) is 16.3 Å². The molecule has 0 aliphatic carbocycles. The zero-order valence-electron chi connectivity index (χ0n) is 28.6. The van der Waals surface area contributed by atoms with Crippen LogP contribution < -0.4 is 0 Å². The molecule has 0 saturated heterocycles. The summed E-state index contributed by atoms with van der Waals surface area (Å²) in [6.45, 7) is 0. The molecule has 0 spiro atoms. The summed E-state index contributed by atoms with van der Waals surface area (Å²) in [5.74, 6) is 0.669. The zero-order valence-corrected chi connectivity index (χ0v) is 28.6. The molecular formula is C49H31N3O. The number of rotatable bonds is 6. The van der Waals surface area contributed by atoms with Crippen LogP contribution in [0, 0.1) is 0 Å². The Morgan fingerprint density at radius 1 is 0.358 bits per heavy atom. The van der Waals surface area contributed by atoms with E-state index in [0.717, 1.165) is 77.8 Å². The first-order chi connectivity index (χ1) is 26.2. The van der Waals surface area contributed by atoms with Crippen molar-refractivity contribution in [2.45, 2.75) is 0 Å². The summed E-state index contributed by atoms with van der Waals surface area (Å²) in [6.07, 6.45) is 3.70. The minimum absolute atomic E-state index is 0.669. The van der Waals surface area contributed by atoms with Crippen molar-refractivity contribution in [1.29, 1.82) is 0 Å². The number of fused-ring (bicyclic) bond motifs is 4. The number of aromatic nitrogens is 3. The van der Waals surface area contributed by atoms with E-state index in [-0.39, 0.29) is 0 Å². The molecule has 3 aromatic heterocycles. The Bertz CT molecular complexity index is 2940. The molecule has 0 fully saturated rings. The SMILES string of the molecule is c1ccc(-c2nc(-c3cc(-c4ccc5oc6ccccc6c5c4)cc(-c4cccc5ccccc45)c3)cc(-c3ccccc3-c3cccnc3)n2)cc1. The molecule has 248 valence electrons. The van der Waals surface area contributed by atoms with Crippen LogP contribution in [0.4, 0.5) is 0 Å². The first-order valence-corrected chi connectivity index (χ1v) is 17.7. The largest absolute Gasteiger partial charge is 0.456 e. The molecule has 0 unspecified atom stereocenters. The lowest BCUT2D eigenvalue weighted by atomic mass is 9.91. The van der Waals surface area contributed by atoms with E-state index in [0.29, 0.717) is 5.82 Å². The summed E-state index contributed by atoms with van der Waals surface area (Å²) >= 11 is 0. The van der Waals surface area contributed by atoms with Gasteiger partial charge in [-0.3, -0.25) is 4.98 Å². The average Bonchev–Trinajstić information content (AvgIpc) is 3.62. The number of nitrogens with zero attached hydrogens (tertiary/aromatic N) is 3. The van der Waals surface area contributed by atoms with E-state index < -0.39 is 0 Å². The normalized spacial score (nSPS) is 11.4. The van der Waals surface area contributed by atoms with E-state index in [1.54, 1.807) is 6.20 Å². The van der Waals surface area contributed by atoms with Crippen LogP contribution in [0.1, 0.15) is 0 Å². The van der Waals surface area contributed by atoms with Crippen molar-refractivity contribution >= 4 is 32.7 Å². The van der Waals surface area contributed by atoms with Gasteiger partial charge in [-0.2, -0.15) is 0 Å². The highest BCUT2D eigenvalue weighted by molar-refractivity contribution is 6.06. The lowest BCUT2D eigenvalue weighted by molar-refractivity contribution is 0.669. The van der Waals surface area contributed by atoms with Gasteiger partial charge in [0.05, 0.1) is 11.4 Å². The van der Waals surface area contributed by atoms with Crippen molar-refractivity contribution in [1.82, 2.24) is 15.0 Å². The fourth-order valence-corrected chi connectivity index (χ4v) is 7.41. The molecule has 4 nitrogen and oxygen atoms in total. The highest BCUT2D eigenvalue weighted by Crippen LogP contribution is 2.40. The minimum atomic E-state index is 0.669. The maximum atomic E-state index is 6.21. The van der Waals surface area contributed by atoms with E-state index in [1.807, 2.05) is 42.6 Å². The number of hydrogen-bond donors (Lipinski definition) is 0. The Kier molecular flexibility index (Phi) is 7.43. The van der Waals surface area contributed by atoms with Gasteiger partial charge in [0, 0.05) is 45.4 Å². The third-order valence-electron chi connectivity index (χ3n) is 9.97. The van der Waals surface area contributed by atoms with Crippen LogP contribution in [0.3, 0.4) is 0 Å². The molecule has 10 aromatic rings. The molecule has 10 rings (SSSR count). The van der Waals surface area contributed by atoms with Gasteiger partial charge in [0.15, 0.2) is 5.82 Å². The van der Waals surface area contributed by atoms with E-state index >= 15 is 0 Å². The fourth-order valence-electron chi connectivity index (χ4n) is 7.41. The van der Waals surface area contributed by atoms with E-state index in [9.17, 15) is 0 Å². The summed E-state index contributed by atoms with van der Waals surface area (Å²) in [4.78, 5) is 14.9. The Hall–Kier alpha value is -7.17. The summed E-state index contributed by atoms with van der Waals surface area (Å²) < 4.78 is 6.21. The van der Waals surface area contributed by atoms with Gasteiger partial charge in [0.1, 0.15) is 11.2 Å². The first-order valence-electron chi connectivity index (χ1n) is 17.7. The van der Waals surface area contributed by atoms with Crippen LogP contribution in [0.2, 0.25) is 0 Å². The molecule has 0 aliphatic heterocycles. The minimum Gasteiger partial charge on any atom is -0.456 e. The van der Waals surface area contributed by atoms with Crippen molar-refractivity contribution < 1.29 is 4.42 Å². The summed E-state index contributed by atoms with van der Waals surface area (Å²) in [5.41, 5.74) is 13.0. The van der Waals surface area contributed by atoms with Crippen LogP contribution in [0.25, 0.3) is 100.0 Å². The predicted molar refractivity (Wildman–Crippen MR) is 217 cm³/mol. The van der Waals surface area contributed by atoms with Crippen molar-refractivity contribution in [3.8, 4) is 67.3 Å². The molecule has 3 heterocycles. The highest BCUT2D eigenvalue weighted by Gasteiger charge is 2.17. The van der Waals surface area contributed by atoms with Gasteiger partial charge in [-0.15, -0.1) is 0 Å². The summed E-state index contributed by atoms with van der Waals surface area (Å²) in [7, 11) is 0. The second-order valence-electron chi connectivity index (χ2n) is 13.3. The zero-order chi connectivity index (χ0) is 35.1. The molecule has 0 N–H and O–H groups in total. The number of benzene rings is 7. The molecule has 0 atom stereocenters. The van der Waals surface area contributed by atoms with Crippen LogP contribution in [0.15, 0.2) is 193 Å². The number of pyridine rings is 1. The number of furan rings is 1. The standard InChI is InChI=1S/C49H31N3O/c1-2-13-33(14-3-1)49-51-45(30-46(52-49)42-19-7-6-18-40(42)35-16-11-25-50-31-35)38-27-36(26-37(28-38)41-21-10-15-32-12-4-5-17-39(32)41)34-23-24-48-44(29-34)43-20-8-9-22-47(43)53-48/h1-31H.